The molecule has 0 unspecified atom stereocenters. The molecule has 0 aliphatic carbocycles. The highest BCUT2D eigenvalue weighted by molar-refractivity contribution is 9.09. The Kier molecular flexibility index (Phi) is 5.50. The van der Waals surface area contributed by atoms with Crippen LogP contribution in [-0.4, -0.2) is 10.7 Å². The predicted molar refractivity (Wildman–Crippen MR) is 71.0 cm³/mol. The molecule has 0 amide bonds. The SMILES string of the molecule is Cc1ccc(CC(CBr)CBr)c(Cl)c1. The molecule has 14 heavy (non-hydrogen) atoms. The van der Waals surface area contributed by atoms with Crippen molar-refractivity contribution in [2.45, 2.75) is 13.3 Å². The third-order valence-electron chi connectivity index (χ3n) is 2.15. The van der Waals surface area contributed by atoms with Gasteiger partial charge in [-0.25, -0.2) is 0 Å². The second-order valence-electron chi connectivity index (χ2n) is 3.47. The van der Waals surface area contributed by atoms with Crippen LogP contribution in [0.15, 0.2) is 18.2 Å². The molecular formula is C11H13Br2Cl. The number of rotatable bonds is 4. The van der Waals surface area contributed by atoms with E-state index >= 15 is 0 Å². The molecule has 0 heterocycles. The van der Waals surface area contributed by atoms with Gasteiger partial charge < -0.3 is 0 Å². The molecule has 0 N–H and O–H groups in total. The van der Waals surface area contributed by atoms with Crippen LogP contribution in [0.5, 0.6) is 0 Å². The number of halogens is 3. The topological polar surface area (TPSA) is 0 Å². The lowest BCUT2D eigenvalue weighted by Crippen LogP contribution is -2.07. The summed E-state index contributed by atoms with van der Waals surface area (Å²) < 4.78 is 0. The zero-order valence-electron chi connectivity index (χ0n) is 8.06. The molecule has 1 aromatic carbocycles. The summed E-state index contributed by atoms with van der Waals surface area (Å²) in [5, 5.41) is 2.89. The normalized spacial score (nSPS) is 10.9. The molecule has 3 heteroatoms. The summed E-state index contributed by atoms with van der Waals surface area (Å²) in [6.07, 6.45) is 1.02. The van der Waals surface area contributed by atoms with E-state index in [0.717, 1.165) is 22.1 Å². The molecule has 0 aliphatic rings. The van der Waals surface area contributed by atoms with E-state index in [4.69, 9.17) is 11.6 Å². The molecule has 0 aliphatic heterocycles. The molecule has 0 bridgehead atoms. The lowest BCUT2D eigenvalue weighted by Gasteiger charge is -2.11. The smallest absolute Gasteiger partial charge is 0.0440 e. The number of hydrogen-bond donors (Lipinski definition) is 0. The highest BCUT2D eigenvalue weighted by Gasteiger charge is 2.09. The lowest BCUT2D eigenvalue weighted by molar-refractivity contribution is 0.679. The van der Waals surface area contributed by atoms with Crippen LogP contribution in [0, 0.1) is 12.8 Å². The Bertz CT molecular complexity index is 295. The van der Waals surface area contributed by atoms with Crippen molar-refractivity contribution in [3.63, 3.8) is 0 Å². The molecule has 78 valence electrons. The first-order valence-corrected chi connectivity index (χ1v) is 7.16. The maximum Gasteiger partial charge on any atom is 0.0440 e. The van der Waals surface area contributed by atoms with Crippen LogP contribution >= 0.6 is 43.5 Å². The molecule has 0 spiro atoms. The fraction of sp³-hybridized carbons (Fsp3) is 0.455. The summed E-state index contributed by atoms with van der Waals surface area (Å²) in [7, 11) is 0. The van der Waals surface area contributed by atoms with Gasteiger partial charge in [0.15, 0.2) is 0 Å². The Morgan fingerprint density at radius 2 is 1.93 bits per heavy atom. The van der Waals surface area contributed by atoms with Gasteiger partial charge in [0.25, 0.3) is 0 Å². The molecular weight excluding hydrogens is 327 g/mol. The second kappa shape index (κ2) is 6.14. The lowest BCUT2D eigenvalue weighted by atomic mass is 10.0. The van der Waals surface area contributed by atoms with E-state index in [1.54, 1.807) is 0 Å². The first-order chi connectivity index (χ1) is 6.67. The van der Waals surface area contributed by atoms with Crippen molar-refractivity contribution in [1.29, 1.82) is 0 Å². The molecule has 1 rings (SSSR count). The Balaban J connectivity index is 2.76. The van der Waals surface area contributed by atoms with Gasteiger partial charge in [0.1, 0.15) is 0 Å². The van der Waals surface area contributed by atoms with Gasteiger partial charge in [0, 0.05) is 15.7 Å². The van der Waals surface area contributed by atoms with Gasteiger partial charge in [-0.15, -0.1) is 0 Å². The summed E-state index contributed by atoms with van der Waals surface area (Å²) in [5.74, 6) is 0.607. The monoisotopic (exact) mass is 338 g/mol. The number of benzene rings is 1. The molecule has 0 saturated carbocycles. The predicted octanol–water partition coefficient (Wildman–Crippen LogP) is 4.60. The van der Waals surface area contributed by atoms with Crippen molar-refractivity contribution in [3.05, 3.63) is 34.3 Å². The van der Waals surface area contributed by atoms with Crippen LogP contribution in [-0.2, 0) is 6.42 Å². The van der Waals surface area contributed by atoms with Gasteiger partial charge in [-0.2, -0.15) is 0 Å². The minimum absolute atomic E-state index is 0.607. The highest BCUT2D eigenvalue weighted by atomic mass is 79.9. The summed E-state index contributed by atoms with van der Waals surface area (Å²) in [6, 6.07) is 6.26. The second-order valence-corrected chi connectivity index (χ2v) is 5.18. The van der Waals surface area contributed by atoms with Crippen molar-refractivity contribution in [1.82, 2.24) is 0 Å². The van der Waals surface area contributed by atoms with E-state index in [0.29, 0.717) is 5.92 Å². The van der Waals surface area contributed by atoms with Gasteiger partial charge >= 0.3 is 0 Å². The number of hydrogen-bond acceptors (Lipinski definition) is 0. The van der Waals surface area contributed by atoms with Crippen LogP contribution in [0.2, 0.25) is 5.02 Å². The van der Waals surface area contributed by atoms with E-state index in [9.17, 15) is 0 Å². The Hall–Kier alpha value is 0.470. The van der Waals surface area contributed by atoms with Crippen LogP contribution in [0.1, 0.15) is 11.1 Å². The van der Waals surface area contributed by atoms with Crippen LogP contribution in [0.3, 0.4) is 0 Å². The van der Waals surface area contributed by atoms with Crippen molar-refractivity contribution in [3.8, 4) is 0 Å². The van der Waals surface area contributed by atoms with Crippen molar-refractivity contribution >= 4 is 43.5 Å². The third kappa shape index (κ3) is 3.56. The maximum absolute atomic E-state index is 6.16. The molecule has 0 atom stereocenters. The molecule has 0 aromatic heterocycles. The first kappa shape index (κ1) is 12.5. The Morgan fingerprint density at radius 1 is 1.29 bits per heavy atom. The van der Waals surface area contributed by atoms with Crippen molar-refractivity contribution in [2.75, 3.05) is 10.7 Å². The zero-order valence-corrected chi connectivity index (χ0v) is 12.0. The molecule has 0 nitrogen and oxygen atoms in total. The number of alkyl halides is 2. The minimum Gasteiger partial charge on any atom is -0.0925 e. The van der Waals surface area contributed by atoms with Crippen molar-refractivity contribution in [2.24, 2.45) is 5.92 Å². The van der Waals surface area contributed by atoms with Gasteiger partial charge in [-0.1, -0.05) is 55.6 Å². The van der Waals surface area contributed by atoms with Gasteiger partial charge in [0.2, 0.25) is 0 Å². The van der Waals surface area contributed by atoms with E-state index in [1.165, 1.54) is 11.1 Å². The zero-order chi connectivity index (χ0) is 10.6. The van der Waals surface area contributed by atoms with E-state index in [1.807, 2.05) is 6.07 Å². The average molecular weight is 340 g/mol. The van der Waals surface area contributed by atoms with Crippen molar-refractivity contribution < 1.29 is 0 Å². The largest absolute Gasteiger partial charge is 0.0925 e. The quantitative estimate of drug-likeness (QED) is 0.703. The fourth-order valence-electron chi connectivity index (χ4n) is 1.28. The standard InChI is InChI=1S/C11H13Br2Cl/c1-8-2-3-10(11(14)4-8)5-9(6-12)7-13/h2-4,9H,5-7H2,1H3. The summed E-state index contributed by atoms with van der Waals surface area (Å²) in [4.78, 5) is 0. The third-order valence-corrected chi connectivity index (χ3v) is 4.34. The van der Waals surface area contributed by atoms with Gasteiger partial charge in [0.05, 0.1) is 0 Å². The molecule has 0 saturated heterocycles. The van der Waals surface area contributed by atoms with Crippen LogP contribution in [0.25, 0.3) is 0 Å². The van der Waals surface area contributed by atoms with Gasteiger partial charge in [-0.3, -0.25) is 0 Å². The van der Waals surface area contributed by atoms with Gasteiger partial charge in [-0.05, 0) is 36.5 Å². The van der Waals surface area contributed by atoms with Crippen LogP contribution < -0.4 is 0 Å². The maximum atomic E-state index is 6.16. The minimum atomic E-state index is 0.607. The molecule has 0 radical (unpaired) electrons. The summed E-state index contributed by atoms with van der Waals surface area (Å²) in [6.45, 7) is 2.06. The molecule has 1 aromatic rings. The Labute approximate surface area is 107 Å². The fourth-order valence-corrected chi connectivity index (χ4v) is 3.12. The van der Waals surface area contributed by atoms with Crippen LogP contribution in [0.4, 0.5) is 0 Å². The molecule has 0 fully saturated rings. The number of aryl methyl sites for hydroxylation is 1. The summed E-state index contributed by atoms with van der Waals surface area (Å²) >= 11 is 13.2. The summed E-state index contributed by atoms with van der Waals surface area (Å²) in [5.41, 5.74) is 2.45. The highest BCUT2D eigenvalue weighted by Crippen LogP contribution is 2.22. The first-order valence-electron chi connectivity index (χ1n) is 4.54. The van der Waals surface area contributed by atoms with E-state index in [-0.39, 0.29) is 0 Å². The Morgan fingerprint density at radius 3 is 2.43 bits per heavy atom. The average Bonchev–Trinajstić information content (AvgIpc) is 2.17. The van der Waals surface area contributed by atoms with E-state index in [2.05, 4.69) is 50.9 Å². The van der Waals surface area contributed by atoms with E-state index < -0.39 is 0 Å².